The normalized spacial score (nSPS) is 24.6. The Labute approximate surface area is 221 Å². The average Bonchev–Trinajstić information content (AvgIpc) is 2.88. The number of piperidine rings is 1. The Balaban J connectivity index is 1.42. The molecular weight excluding hydrogens is 478 g/mol. The van der Waals surface area contributed by atoms with Crippen LogP contribution < -0.4 is 4.74 Å². The van der Waals surface area contributed by atoms with E-state index in [0.29, 0.717) is 36.9 Å². The molecule has 3 aliphatic heterocycles. The van der Waals surface area contributed by atoms with Crippen LogP contribution in [0.5, 0.6) is 5.75 Å². The van der Waals surface area contributed by atoms with Crippen molar-refractivity contribution in [2.24, 2.45) is 5.41 Å². The molecule has 0 aliphatic carbocycles. The molecule has 1 aromatic rings. The fourth-order valence-corrected chi connectivity index (χ4v) is 5.75. The first-order valence-corrected chi connectivity index (χ1v) is 13.8. The van der Waals surface area contributed by atoms with Crippen LogP contribution in [0.25, 0.3) is 0 Å². The number of hydrogen-bond donors (Lipinski definition) is 0. The molecule has 4 rings (SSSR count). The van der Waals surface area contributed by atoms with Gasteiger partial charge in [-0.1, -0.05) is 24.6 Å². The maximum atomic E-state index is 13.4. The van der Waals surface area contributed by atoms with E-state index in [1.165, 1.54) is 0 Å². The highest BCUT2D eigenvalue weighted by molar-refractivity contribution is 6.30. The van der Waals surface area contributed by atoms with Gasteiger partial charge in [-0.15, -0.1) is 0 Å². The summed E-state index contributed by atoms with van der Waals surface area (Å²) in [5, 5.41) is 0.624. The van der Waals surface area contributed by atoms with Gasteiger partial charge in [0.2, 0.25) is 11.8 Å². The lowest BCUT2D eigenvalue weighted by Gasteiger charge is -2.44. The Morgan fingerprint density at radius 3 is 2.36 bits per heavy atom. The summed E-state index contributed by atoms with van der Waals surface area (Å²) in [7, 11) is 2.09. The zero-order valence-corrected chi connectivity index (χ0v) is 22.7. The van der Waals surface area contributed by atoms with E-state index >= 15 is 0 Å². The fourth-order valence-electron chi connectivity index (χ4n) is 5.57. The Morgan fingerprint density at radius 1 is 0.944 bits per heavy atom. The maximum absolute atomic E-state index is 13.4. The summed E-state index contributed by atoms with van der Waals surface area (Å²) in [5.41, 5.74) is -0.405. The van der Waals surface area contributed by atoms with Gasteiger partial charge in [-0.05, 0) is 44.6 Å². The highest BCUT2D eigenvalue weighted by Crippen LogP contribution is 2.36. The second-order valence-electron chi connectivity index (χ2n) is 10.7. The predicted octanol–water partition coefficient (Wildman–Crippen LogP) is 2.13. The van der Waals surface area contributed by atoms with Crippen LogP contribution in [0.3, 0.4) is 0 Å². The van der Waals surface area contributed by atoms with Gasteiger partial charge in [0.25, 0.3) is 0 Å². The molecule has 0 unspecified atom stereocenters. The third kappa shape index (κ3) is 7.34. The van der Waals surface area contributed by atoms with Crippen LogP contribution in [0.4, 0.5) is 0 Å². The van der Waals surface area contributed by atoms with Crippen molar-refractivity contribution in [3.8, 4) is 5.75 Å². The van der Waals surface area contributed by atoms with Gasteiger partial charge in [-0.2, -0.15) is 0 Å². The third-order valence-electron chi connectivity index (χ3n) is 8.01. The number of halogens is 1. The number of ether oxygens (including phenoxy) is 1. The van der Waals surface area contributed by atoms with Crippen molar-refractivity contribution in [2.75, 3.05) is 92.2 Å². The summed E-state index contributed by atoms with van der Waals surface area (Å²) in [6.07, 6.45) is 2.15. The molecule has 1 atom stereocenters. The molecule has 3 fully saturated rings. The number of carbonyl (C=O) groups is 2. The summed E-state index contributed by atoms with van der Waals surface area (Å²) < 4.78 is 6.22. The van der Waals surface area contributed by atoms with Crippen molar-refractivity contribution in [2.45, 2.75) is 26.2 Å². The van der Waals surface area contributed by atoms with Crippen molar-refractivity contribution in [3.63, 3.8) is 0 Å². The Morgan fingerprint density at radius 2 is 1.67 bits per heavy atom. The summed E-state index contributed by atoms with van der Waals surface area (Å²) in [6, 6.07) is 7.39. The molecule has 0 N–H and O–H groups in total. The van der Waals surface area contributed by atoms with Gasteiger partial charge in [-0.25, -0.2) is 0 Å². The summed E-state index contributed by atoms with van der Waals surface area (Å²) in [4.78, 5) is 37.7. The monoisotopic (exact) mass is 519 g/mol. The van der Waals surface area contributed by atoms with Crippen LogP contribution in [-0.4, -0.2) is 129 Å². The highest BCUT2D eigenvalue weighted by atomic mass is 35.5. The smallest absolute Gasteiger partial charge is 0.236 e. The molecule has 1 aromatic carbocycles. The van der Waals surface area contributed by atoms with Crippen molar-refractivity contribution < 1.29 is 14.3 Å². The van der Waals surface area contributed by atoms with Crippen molar-refractivity contribution in [3.05, 3.63) is 29.3 Å². The van der Waals surface area contributed by atoms with Gasteiger partial charge < -0.3 is 24.3 Å². The molecule has 8 nitrogen and oxygen atoms in total. The number of rotatable bonds is 8. The SMILES string of the molecule is CCN1CCN(CC(=O)N2CCC[C@@](COc3cccc(Cl)c3)(CC(=O)N3CCN(C)CC3)C2)CC1. The number of amides is 2. The van der Waals surface area contributed by atoms with Crippen molar-refractivity contribution in [1.82, 2.24) is 24.5 Å². The molecule has 2 amide bonds. The van der Waals surface area contributed by atoms with Crippen LogP contribution in [0.2, 0.25) is 5.02 Å². The number of nitrogens with zero attached hydrogens (tertiary/aromatic N) is 5. The molecule has 3 heterocycles. The van der Waals surface area contributed by atoms with Crippen molar-refractivity contribution in [1.29, 1.82) is 0 Å². The van der Waals surface area contributed by atoms with Crippen LogP contribution in [0.15, 0.2) is 24.3 Å². The summed E-state index contributed by atoms with van der Waals surface area (Å²) >= 11 is 6.17. The van der Waals surface area contributed by atoms with Crippen LogP contribution in [0, 0.1) is 5.41 Å². The molecule has 3 aliphatic rings. The van der Waals surface area contributed by atoms with Crippen LogP contribution >= 0.6 is 11.6 Å². The quantitative estimate of drug-likeness (QED) is 0.524. The number of hydrogen-bond acceptors (Lipinski definition) is 6. The lowest BCUT2D eigenvalue weighted by atomic mass is 9.77. The number of piperazine rings is 2. The van der Waals surface area contributed by atoms with E-state index in [4.69, 9.17) is 16.3 Å². The van der Waals surface area contributed by atoms with E-state index in [2.05, 4.69) is 28.7 Å². The summed E-state index contributed by atoms with van der Waals surface area (Å²) in [5.74, 6) is 1.03. The van der Waals surface area contributed by atoms with E-state index in [-0.39, 0.29) is 11.8 Å². The summed E-state index contributed by atoms with van der Waals surface area (Å²) in [6.45, 7) is 12.6. The van der Waals surface area contributed by atoms with Gasteiger partial charge in [0.1, 0.15) is 5.75 Å². The topological polar surface area (TPSA) is 59.6 Å². The fraction of sp³-hybridized carbons (Fsp3) is 0.704. The van der Waals surface area contributed by atoms with Crippen molar-refractivity contribution >= 4 is 23.4 Å². The van der Waals surface area contributed by atoms with E-state index < -0.39 is 5.41 Å². The van der Waals surface area contributed by atoms with Gasteiger partial charge in [-0.3, -0.25) is 14.5 Å². The standard InChI is InChI=1S/C27H42ClN5O3/c1-3-30-12-14-31(15-13-30)20-26(35)33-9-5-8-27(21-33,22-36-24-7-4-6-23(28)18-24)19-25(34)32-16-10-29(2)11-17-32/h4,6-7,18H,3,5,8-17,19-22H2,1-2H3/t27-/m1/s1. The first-order chi connectivity index (χ1) is 17.4. The van der Waals surface area contributed by atoms with Gasteiger partial charge in [0.15, 0.2) is 0 Å². The Kier molecular flexibility index (Phi) is 9.50. The largest absolute Gasteiger partial charge is 0.493 e. The third-order valence-corrected chi connectivity index (χ3v) is 8.24. The van der Waals surface area contributed by atoms with E-state index in [9.17, 15) is 9.59 Å². The minimum Gasteiger partial charge on any atom is -0.493 e. The molecule has 0 aromatic heterocycles. The molecular formula is C27H42ClN5O3. The van der Waals surface area contributed by atoms with Crippen LogP contribution in [0.1, 0.15) is 26.2 Å². The molecule has 0 bridgehead atoms. The van der Waals surface area contributed by atoms with Gasteiger partial charge in [0.05, 0.1) is 13.2 Å². The van der Waals surface area contributed by atoms with Gasteiger partial charge >= 0.3 is 0 Å². The zero-order valence-electron chi connectivity index (χ0n) is 22.0. The molecule has 36 heavy (non-hydrogen) atoms. The van der Waals surface area contributed by atoms with E-state index in [0.717, 1.165) is 78.3 Å². The second kappa shape index (κ2) is 12.6. The number of carbonyl (C=O) groups excluding carboxylic acids is 2. The molecule has 0 radical (unpaired) electrons. The first kappa shape index (κ1) is 27.2. The average molecular weight is 520 g/mol. The van der Waals surface area contributed by atoms with E-state index in [1.54, 1.807) is 6.07 Å². The molecule has 0 saturated carbocycles. The minimum atomic E-state index is -0.405. The first-order valence-electron chi connectivity index (χ1n) is 13.4. The molecule has 3 saturated heterocycles. The maximum Gasteiger partial charge on any atom is 0.236 e. The Bertz CT molecular complexity index is 886. The molecule has 200 valence electrons. The van der Waals surface area contributed by atoms with E-state index in [1.807, 2.05) is 28.0 Å². The second-order valence-corrected chi connectivity index (χ2v) is 11.2. The highest BCUT2D eigenvalue weighted by Gasteiger charge is 2.41. The van der Waals surface area contributed by atoms with Gasteiger partial charge in [0, 0.05) is 82.3 Å². The molecule has 9 heteroatoms. The zero-order chi connectivity index (χ0) is 25.5. The Hall–Kier alpha value is -1.87. The lowest BCUT2D eigenvalue weighted by Crippen LogP contribution is -2.55. The number of likely N-dealkylation sites (tertiary alicyclic amines) is 1. The number of likely N-dealkylation sites (N-methyl/N-ethyl adjacent to an activating group) is 2. The van der Waals surface area contributed by atoms with Crippen LogP contribution in [-0.2, 0) is 9.59 Å². The lowest BCUT2D eigenvalue weighted by molar-refractivity contribution is -0.143. The molecule has 0 spiro atoms. The number of benzene rings is 1. The minimum absolute atomic E-state index is 0.166. The predicted molar refractivity (Wildman–Crippen MR) is 142 cm³/mol.